The van der Waals surface area contributed by atoms with Gasteiger partial charge < -0.3 is 25.1 Å². The van der Waals surface area contributed by atoms with Crippen molar-refractivity contribution in [1.82, 2.24) is 25.3 Å². The van der Waals surface area contributed by atoms with E-state index >= 15 is 0 Å². The van der Waals surface area contributed by atoms with Crippen LogP contribution in [0, 0.1) is 11.2 Å². The van der Waals surface area contributed by atoms with E-state index in [0.717, 1.165) is 24.0 Å². The van der Waals surface area contributed by atoms with Crippen LogP contribution in [-0.2, 0) is 20.7 Å². The second-order valence-electron chi connectivity index (χ2n) is 11.8. The normalized spacial score (nSPS) is 20.9. The summed E-state index contributed by atoms with van der Waals surface area (Å²) in [6, 6.07) is 18.0. The fourth-order valence-electron chi connectivity index (χ4n) is 5.56. The summed E-state index contributed by atoms with van der Waals surface area (Å²) in [6.07, 6.45) is 7.21. The van der Waals surface area contributed by atoms with E-state index < -0.39 is 11.7 Å². The van der Waals surface area contributed by atoms with Crippen LogP contribution in [0.2, 0.25) is 0 Å². The number of carbonyl (C=O) groups is 1. The molecule has 4 aromatic rings. The van der Waals surface area contributed by atoms with Gasteiger partial charge in [-0.05, 0) is 48.7 Å². The van der Waals surface area contributed by atoms with Crippen LogP contribution in [0.5, 0.6) is 0 Å². The topological polar surface area (TPSA) is 114 Å². The summed E-state index contributed by atoms with van der Waals surface area (Å²) < 4.78 is 26.1. The summed E-state index contributed by atoms with van der Waals surface area (Å²) in [5.41, 5.74) is 3.25. The number of aromatic amines is 1. The molecule has 2 fully saturated rings. The number of H-pyrrole nitrogens is 1. The van der Waals surface area contributed by atoms with Crippen LogP contribution in [0.15, 0.2) is 66.9 Å². The molecule has 10 heteroatoms. The Morgan fingerprint density at radius 2 is 1.74 bits per heavy atom. The SMILES string of the molecule is CC1(CNC(=O)Cc2ccccc2)COC(c2nc(-c3ccc(F)cc3)c(-c3ccnc(NC4CCCCC4)n3)[nH]2)OC1. The molecule has 9 nitrogen and oxygen atoms in total. The third-order valence-electron chi connectivity index (χ3n) is 8.00. The molecule has 43 heavy (non-hydrogen) atoms. The molecule has 6 rings (SSSR count). The first-order chi connectivity index (χ1) is 20.9. The summed E-state index contributed by atoms with van der Waals surface area (Å²) in [4.78, 5) is 30.0. The Balaban J connectivity index is 1.17. The Morgan fingerprint density at radius 3 is 2.49 bits per heavy atom. The van der Waals surface area contributed by atoms with Gasteiger partial charge in [-0.2, -0.15) is 0 Å². The molecule has 1 saturated heterocycles. The molecule has 1 aliphatic heterocycles. The van der Waals surface area contributed by atoms with Gasteiger partial charge in [0, 0.05) is 29.8 Å². The zero-order valence-corrected chi connectivity index (χ0v) is 24.3. The monoisotopic (exact) mass is 584 g/mol. The van der Waals surface area contributed by atoms with E-state index in [2.05, 4.69) is 20.6 Å². The van der Waals surface area contributed by atoms with Gasteiger partial charge in [-0.15, -0.1) is 0 Å². The maximum Gasteiger partial charge on any atom is 0.224 e. The first-order valence-corrected chi connectivity index (χ1v) is 14.9. The summed E-state index contributed by atoms with van der Waals surface area (Å²) in [7, 11) is 0. The van der Waals surface area contributed by atoms with Gasteiger partial charge in [0.25, 0.3) is 0 Å². The Labute approximate surface area is 250 Å². The number of hydrogen-bond donors (Lipinski definition) is 3. The van der Waals surface area contributed by atoms with Crippen molar-refractivity contribution in [3.8, 4) is 22.6 Å². The lowest BCUT2D eigenvalue weighted by Gasteiger charge is -2.36. The quantitative estimate of drug-likeness (QED) is 0.227. The number of amides is 1. The smallest absolute Gasteiger partial charge is 0.224 e. The van der Waals surface area contributed by atoms with Crippen molar-refractivity contribution >= 4 is 11.9 Å². The lowest BCUT2D eigenvalue weighted by molar-refractivity contribution is -0.232. The Bertz CT molecular complexity index is 1510. The molecule has 0 spiro atoms. The second kappa shape index (κ2) is 13.0. The molecular formula is C33H37FN6O3. The molecular weight excluding hydrogens is 547 g/mol. The molecule has 2 aliphatic rings. The first-order valence-electron chi connectivity index (χ1n) is 14.9. The molecule has 2 aromatic heterocycles. The fraction of sp³-hybridized carbons (Fsp3) is 0.394. The van der Waals surface area contributed by atoms with Crippen LogP contribution >= 0.6 is 0 Å². The molecule has 0 unspecified atom stereocenters. The molecule has 1 amide bonds. The van der Waals surface area contributed by atoms with Crippen molar-refractivity contribution in [1.29, 1.82) is 0 Å². The van der Waals surface area contributed by atoms with Crippen LogP contribution < -0.4 is 10.6 Å². The van der Waals surface area contributed by atoms with Gasteiger partial charge in [-0.1, -0.05) is 56.5 Å². The fourth-order valence-corrected chi connectivity index (χ4v) is 5.56. The number of halogens is 1. The predicted molar refractivity (Wildman–Crippen MR) is 161 cm³/mol. The molecule has 0 radical (unpaired) electrons. The van der Waals surface area contributed by atoms with Crippen LogP contribution in [0.1, 0.15) is 56.7 Å². The van der Waals surface area contributed by atoms with Crippen LogP contribution in [0.3, 0.4) is 0 Å². The highest BCUT2D eigenvalue weighted by Crippen LogP contribution is 2.35. The zero-order chi connectivity index (χ0) is 29.6. The van der Waals surface area contributed by atoms with Crippen molar-refractivity contribution in [2.24, 2.45) is 5.41 Å². The number of nitrogens with zero attached hydrogens (tertiary/aromatic N) is 3. The Hall–Kier alpha value is -4.15. The van der Waals surface area contributed by atoms with Gasteiger partial charge in [-0.3, -0.25) is 4.79 Å². The minimum absolute atomic E-state index is 0.0450. The number of carbonyl (C=O) groups excluding carboxylic acids is 1. The summed E-state index contributed by atoms with van der Waals surface area (Å²) in [5.74, 6) is 0.693. The van der Waals surface area contributed by atoms with Gasteiger partial charge in [0.15, 0.2) is 5.82 Å². The van der Waals surface area contributed by atoms with Gasteiger partial charge in [0.2, 0.25) is 18.1 Å². The maximum absolute atomic E-state index is 13.8. The van der Waals surface area contributed by atoms with E-state index in [-0.39, 0.29) is 11.7 Å². The predicted octanol–water partition coefficient (Wildman–Crippen LogP) is 5.83. The minimum Gasteiger partial charge on any atom is -0.355 e. The van der Waals surface area contributed by atoms with Gasteiger partial charge in [0.05, 0.1) is 36.7 Å². The minimum atomic E-state index is -0.734. The highest BCUT2D eigenvalue weighted by atomic mass is 19.1. The van der Waals surface area contributed by atoms with Crippen molar-refractivity contribution in [2.45, 2.75) is 57.8 Å². The number of imidazole rings is 1. The van der Waals surface area contributed by atoms with Crippen LogP contribution in [-0.4, -0.2) is 51.6 Å². The lowest BCUT2D eigenvalue weighted by Crippen LogP contribution is -2.45. The van der Waals surface area contributed by atoms with Gasteiger partial charge in [0.1, 0.15) is 5.82 Å². The number of hydrogen-bond acceptors (Lipinski definition) is 7. The van der Waals surface area contributed by atoms with E-state index in [1.807, 2.05) is 43.3 Å². The van der Waals surface area contributed by atoms with E-state index in [9.17, 15) is 9.18 Å². The zero-order valence-electron chi connectivity index (χ0n) is 24.3. The van der Waals surface area contributed by atoms with Crippen LogP contribution in [0.4, 0.5) is 10.3 Å². The molecule has 1 saturated carbocycles. The molecule has 224 valence electrons. The van der Waals surface area contributed by atoms with Crippen molar-refractivity contribution in [3.63, 3.8) is 0 Å². The van der Waals surface area contributed by atoms with E-state index in [1.54, 1.807) is 18.3 Å². The largest absolute Gasteiger partial charge is 0.355 e. The van der Waals surface area contributed by atoms with E-state index in [1.165, 1.54) is 31.4 Å². The highest BCUT2D eigenvalue weighted by Gasteiger charge is 2.35. The Kier molecular flexibility index (Phi) is 8.76. The molecule has 0 bridgehead atoms. The van der Waals surface area contributed by atoms with Crippen molar-refractivity contribution in [3.05, 3.63) is 84.1 Å². The molecule has 3 N–H and O–H groups in total. The number of rotatable bonds is 9. The van der Waals surface area contributed by atoms with E-state index in [0.29, 0.717) is 61.1 Å². The second-order valence-corrected chi connectivity index (χ2v) is 11.8. The number of anilines is 1. The van der Waals surface area contributed by atoms with Crippen LogP contribution in [0.25, 0.3) is 22.6 Å². The lowest BCUT2D eigenvalue weighted by atomic mass is 9.92. The summed E-state index contributed by atoms with van der Waals surface area (Å²) >= 11 is 0. The third kappa shape index (κ3) is 7.26. The molecule has 3 heterocycles. The molecule has 0 atom stereocenters. The third-order valence-corrected chi connectivity index (χ3v) is 8.00. The molecule has 1 aliphatic carbocycles. The average molecular weight is 585 g/mol. The van der Waals surface area contributed by atoms with Crippen molar-refractivity contribution < 1.29 is 18.7 Å². The standard InChI is InChI=1S/C33H37FN6O3/c1-33(19-36-27(41)18-22-8-4-2-5-9-22)20-42-31(43-21-33)30-39-28(23-12-14-24(34)15-13-23)29(40-30)26-16-17-35-32(38-26)37-25-10-6-3-7-11-25/h2,4-5,8-9,12-17,25,31H,3,6-7,10-11,18-21H2,1H3,(H,36,41)(H,39,40)(H,35,37,38). The van der Waals surface area contributed by atoms with Crippen molar-refractivity contribution in [2.75, 3.05) is 25.1 Å². The number of benzene rings is 2. The number of nitrogens with one attached hydrogen (secondary N) is 3. The average Bonchev–Trinajstić information content (AvgIpc) is 3.48. The van der Waals surface area contributed by atoms with Gasteiger partial charge >= 0.3 is 0 Å². The Morgan fingerprint density at radius 1 is 1.00 bits per heavy atom. The van der Waals surface area contributed by atoms with E-state index in [4.69, 9.17) is 19.4 Å². The molecule has 2 aromatic carbocycles. The summed E-state index contributed by atoms with van der Waals surface area (Å²) in [6.45, 7) is 3.18. The number of ether oxygens (including phenoxy) is 2. The highest BCUT2D eigenvalue weighted by molar-refractivity contribution is 5.78. The number of aromatic nitrogens is 4. The maximum atomic E-state index is 13.8. The summed E-state index contributed by atoms with van der Waals surface area (Å²) in [5, 5.41) is 6.50. The first kappa shape index (κ1) is 28.9. The van der Waals surface area contributed by atoms with Gasteiger partial charge in [-0.25, -0.2) is 19.3 Å².